The van der Waals surface area contributed by atoms with Gasteiger partial charge >= 0.3 is 0 Å². The Hall–Kier alpha value is -1.26. The molecule has 1 aromatic carbocycles. The first-order chi connectivity index (χ1) is 10.7. The van der Waals surface area contributed by atoms with Crippen LogP contribution in [-0.4, -0.2) is 37.4 Å². The van der Waals surface area contributed by atoms with E-state index in [-0.39, 0.29) is 0 Å². The van der Waals surface area contributed by atoms with Gasteiger partial charge in [0.25, 0.3) is 0 Å². The van der Waals surface area contributed by atoms with Crippen molar-refractivity contribution in [3.05, 3.63) is 23.8 Å². The number of rotatable bonds is 5. The summed E-state index contributed by atoms with van der Waals surface area (Å²) in [6, 6.07) is 6.85. The van der Waals surface area contributed by atoms with Crippen LogP contribution in [0.1, 0.15) is 44.6 Å². The van der Waals surface area contributed by atoms with E-state index in [0.29, 0.717) is 31.2 Å². The van der Waals surface area contributed by atoms with Crippen molar-refractivity contribution < 1.29 is 9.47 Å². The summed E-state index contributed by atoms with van der Waals surface area (Å²) in [4.78, 5) is 2.65. The molecule has 1 aromatic rings. The van der Waals surface area contributed by atoms with Gasteiger partial charge in [-0.3, -0.25) is 4.90 Å². The molecule has 0 spiro atoms. The summed E-state index contributed by atoms with van der Waals surface area (Å²) >= 11 is 0. The van der Waals surface area contributed by atoms with Crippen molar-refractivity contribution in [2.24, 2.45) is 11.7 Å². The fourth-order valence-electron chi connectivity index (χ4n) is 3.83. The lowest BCUT2D eigenvalue weighted by atomic mass is 9.84. The Balaban J connectivity index is 1.82. The van der Waals surface area contributed by atoms with Gasteiger partial charge in [-0.25, -0.2) is 0 Å². The first-order valence-corrected chi connectivity index (χ1v) is 8.52. The number of likely N-dealkylation sites (tertiary alicyclic amines) is 1. The summed E-state index contributed by atoms with van der Waals surface area (Å²) in [7, 11) is 0. The molecule has 2 N–H and O–H groups in total. The van der Waals surface area contributed by atoms with Crippen LogP contribution in [0.3, 0.4) is 0 Å². The van der Waals surface area contributed by atoms with E-state index in [1.807, 2.05) is 6.07 Å². The first kappa shape index (κ1) is 15.6. The highest BCUT2D eigenvalue weighted by molar-refractivity contribution is 5.45. The predicted molar refractivity (Wildman–Crippen MR) is 88.4 cm³/mol. The van der Waals surface area contributed by atoms with Gasteiger partial charge in [0, 0.05) is 25.0 Å². The van der Waals surface area contributed by atoms with E-state index in [1.54, 1.807) is 0 Å². The minimum Gasteiger partial charge on any atom is -0.454 e. The number of fused-ring (bicyclic) bond motifs is 1. The zero-order valence-corrected chi connectivity index (χ0v) is 13.8. The van der Waals surface area contributed by atoms with Crippen LogP contribution in [0.4, 0.5) is 0 Å². The second-order valence-electron chi connectivity index (χ2n) is 6.91. The van der Waals surface area contributed by atoms with Gasteiger partial charge in [-0.1, -0.05) is 26.3 Å². The van der Waals surface area contributed by atoms with E-state index in [1.165, 1.54) is 31.4 Å². The van der Waals surface area contributed by atoms with E-state index in [9.17, 15) is 0 Å². The van der Waals surface area contributed by atoms with Crippen molar-refractivity contribution in [2.75, 3.05) is 26.4 Å². The van der Waals surface area contributed by atoms with Crippen molar-refractivity contribution in [3.63, 3.8) is 0 Å². The molecule has 4 nitrogen and oxygen atoms in total. The number of hydrogen-bond donors (Lipinski definition) is 1. The highest BCUT2D eigenvalue weighted by Crippen LogP contribution is 2.37. The topological polar surface area (TPSA) is 47.7 Å². The van der Waals surface area contributed by atoms with Crippen LogP contribution in [0.15, 0.2) is 18.2 Å². The fraction of sp³-hybridized carbons (Fsp3) is 0.667. The normalized spacial score (nSPS) is 23.0. The number of piperidine rings is 1. The number of nitrogens with two attached hydrogens (primary N) is 1. The number of ether oxygens (including phenoxy) is 2. The molecule has 2 aliphatic rings. The lowest BCUT2D eigenvalue weighted by Gasteiger charge is -2.41. The minimum absolute atomic E-state index is 0.328. The second kappa shape index (κ2) is 6.88. The van der Waals surface area contributed by atoms with Crippen LogP contribution in [0.5, 0.6) is 11.5 Å². The Morgan fingerprint density at radius 2 is 2.05 bits per heavy atom. The van der Waals surface area contributed by atoms with Gasteiger partial charge in [-0.15, -0.1) is 0 Å². The van der Waals surface area contributed by atoms with E-state index in [0.717, 1.165) is 18.0 Å². The maximum absolute atomic E-state index is 6.18. The molecule has 22 heavy (non-hydrogen) atoms. The third kappa shape index (κ3) is 3.23. The Bertz CT molecular complexity index is 504. The van der Waals surface area contributed by atoms with Crippen molar-refractivity contribution >= 4 is 0 Å². The molecule has 122 valence electrons. The van der Waals surface area contributed by atoms with Crippen molar-refractivity contribution in [1.82, 2.24) is 4.90 Å². The Morgan fingerprint density at radius 1 is 1.23 bits per heavy atom. The average molecular weight is 304 g/mol. The molecule has 2 unspecified atom stereocenters. The Kier molecular flexibility index (Phi) is 4.89. The number of hydrogen-bond acceptors (Lipinski definition) is 4. The molecule has 3 rings (SSSR count). The van der Waals surface area contributed by atoms with Crippen molar-refractivity contribution in [1.29, 1.82) is 0 Å². The molecule has 0 bridgehead atoms. The van der Waals surface area contributed by atoms with Gasteiger partial charge in [0.05, 0.1) is 0 Å². The van der Waals surface area contributed by atoms with Crippen molar-refractivity contribution in [2.45, 2.75) is 45.1 Å². The van der Waals surface area contributed by atoms with Crippen molar-refractivity contribution in [3.8, 4) is 11.5 Å². The van der Waals surface area contributed by atoms with Crippen LogP contribution in [0.25, 0.3) is 0 Å². The standard InChI is InChI=1S/C18H28N2O2/c1-13(2)11-20-8-4-3-5-16(20)15(10-19)14-6-7-17-18(9-14)22-12-21-17/h6-7,9,13,15-16H,3-5,8,10-12,19H2,1-2H3. The number of nitrogens with zero attached hydrogens (tertiary/aromatic N) is 1. The van der Waals surface area contributed by atoms with E-state index in [4.69, 9.17) is 15.2 Å². The maximum atomic E-state index is 6.18. The average Bonchev–Trinajstić information content (AvgIpc) is 2.97. The van der Waals surface area contributed by atoms with E-state index < -0.39 is 0 Å². The maximum Gasteiger partial charge on any atom is 0.231 e. The summed E-state index contributed by atoms with van der Waals surface area (Å²) in [5.74, 6) is 2.77. The SMILES string of the molecule is CC(C)CN1CCCCC1C(CN)c1ccc2c(c1)OCO2. The van der Waals surface area contributed by atoms with Crippen LogP contribution in [0.2, 0.25) is 0 Å². The molecule has 2 heterocycles. The van der Waals surface area contributed by atoms with Gasteiger partial charge in [0.15, 0.2) is 11.5 Å². The van der Waals surface area contributed by atoms with Gasteiger partial charge in [0.2, 0.25) is 6.79 Å². The van der Waals surface area contributed by atoms with Crippen LogP contribution < -0.4 is 15.2 Å². The Labute approximate surface area is 133 Å². The molecule has 0 radical (unpaired) electrons. The third-order valence-corrected chi connectivity index (χ3v) is 4.81. The largest absolute Gasteiger partial charge is 0.454 e. The molecule has 0 saturated carbocycles. The first-order valence-electron chi connectivity index (χ1n) is 8.52. The molecule has 2 atom stereocenters. The summed E-state index contributed by atoms with van der Waals surface area (Å²) in [5, 5.41) is 0. The second-order valence-corrected chi connectivity index (χ2v) is 6.91. The molecule has 1 saturated heterocycles. The third-order valence-electron chi connectivity index (χ3n) is 4.81. The zero-order valence-electron chi connectivity index (χ0n) is 13.8. The summed E-state index contributed by atoms with van der Waals surface area (Å²) in [6.07, 6.45) is 3.85. The molecular weight excluding hydrogens is 276 g/mol. The lowest BCUT2D eigenvalue weighted by molar-refractivity contribution is 0.112. The molecule has 2 aliphatic heterocycles. The highest BCUT2D eigenvalue weighted by Gasteiger charge is 2.31. The molecule has 0 aliphatic carbocycles. The van der Waals surface area contributed by atoms with Crippen LogP contribution >= 0.6 is 0 Å². The monoisotopic (exact) mass is 304 g/mol. The molecular formula is C18H28N2O2. The van der Waals surface area contributed by atoms with Gasteiger partial charge in [-0.05, 0) is 43.0 Å². The van der Waals surface area contributed by atoms with E-state index in [2.05, 4.69) is 30.9 Å². The summed E-state index contributed by atoms with van der Waals surface area (Å²) < 4.78 is 11.0. The predicted octanol–water partition coefficient (Wildman–Crippen LogP) is 2.97. The lowest BCUT2D eigenvalue weighted by Crippen LogP contribution is -2.46. The Morgan fingerprint density at radius 3 is 2.82 bits per heavy atom. The van der Waals surface area contributed by atoms with Gasteiger partial charge in [-0.2, -0.15) is 0 Å². The van der Waals surface area contributed by atoms with E-state index >= 15 is 0 Å². The van der Waals surface area contributed by atoms with Crippen LogP contribution in [0, 0.1) is 5.92 Å². The summed E-state index contributed by atoms with van der Waals surface area (Å²) in [5.41, 5.74) is 7.46. The molecule has 4 heteroatoms. The highest BCUT2D eigenvalue weighted by atomic mass is 16.7. The smallest absolute Gasteiger partial charge is 0.231 e. The number of benzene rings is 1. The summed E-state index contributed by atoms with van der Waals surface area (Å²) in [6.45, 7) is 7.96. The molecule has 0 aromatic heterocycles. The fourth-order valence-corrected chi connectivity index (χ4v) is 3.83. The minimum atomic E-state index is 0.328. The zero-order chi connectivity index (χ0) is 15.5. The molecule has 0 amide bonds. The van der Waals surface area contributed by atoms with Gasteiger partial charge in [0.1, 0.15) is 0 Å². The molecule has 1 fully saturated rings. The van der Waals surface area contributed by atoms with Crippen LogP contribution in [-0.2, 0) is 0 Å². The quantitative estimate of drug-likeness (QED) is 0.908. The van der Waals surface area contributed by atoms with Gasteiger partial charge < -0.3 is 15.2 Å².